The van der Waals surface area contributed by atoms with Crippen LogP contribution in [0.1, 0.15) is 119 Å². The van der Waals surface area contributed by atoms with E-state index in [4.69, 9.17) is 47.4 Å². The molecule has 3 saturated heterocycles. The maximum atomic E-state index is 13.9. The molecule has 3 aliphatic heterocycles. The molecule has 5 aromatic rings. The summed E-state index contributed by atoms with van der Waals surface area (Å²) in [5.41, 5.74) is 4.29. The second-order valence-electron chi connectivity index (χ2n) is 30.1. The van der Waals surface area contributed by atoms with Gasteiger partial charge in [-0.15, -0.1) is 0 Å². The smallest absolute Gasteiger partial charge is 0.364 e. The summed E-state index contributed by atoms with van der Waals surface area (Å²) >= 11 is 2.75. The maximum absolute atomic E-state index is 13.9. The zero-order chi connectivity index (χ0) is 91.5. The van der Waals surface area contributed by atoms with Crippen LogP contribution in [0.4, 0.5) is 0 Å². The average Bonchev–Trinajstić information content (AvgIpc) is 1.48. The van der Waals surface area contributed by atoms with Gasteiger partial charge in [-0.05, 0) is 102 Å². The molecule has 37 nitrogen and oxygen atoms in total. The quantitative estimate of drug-likeness (QED) is 0.0196. The molecule has 3 fully saturated rings. The average molecular weight is 1820 g/mol. The maximum Gasteiger partial charge on any atom is 0.364 e. The van der Waals surface area contributed by atoms with Crippen LogP contribution in [-0.4, -0.2) is 332 Å². The lowest BCUT2D eigenvalue weighted by Crippen LogP contribution is -2.68. The third-order valence-electron chi connectivity index (χ3n) is 20.5. The summed E-state index contributed by atoms with van der Waals surface area (Å²) < 4.78 is 57.5. The number of hydrogen-bond acceptors (Lipinski definition) is 29. The molecule has 12 atom stereocenters. The Labute approximate surface area is 744 Å². The first-order valence-electron chi connectivity index (χ1n) is 42.3. The van der Waals surface area contributed by atoms with E-state index >= 15 is 0 Å². The Balaban J connectivity index is 0.758. The Bertz CT molecular complexity index is 4290. The predicted octanol–water partition coefficient (Wildman–Crippen LogP) is 2.22. The van der Waals surface area contributed by atoms with Gasteiger partial charge >= 0.3 is 11.9 Å². The number of benzene rings is 5. The van der Waals surface area contributed by atoms with Crippen molar-refractivity contribution in [3.63, 3.8) is 0 Å². The summed E-state index contributed by atoms with van der Waals surface area (Å²) in [5.74, 6) is -10.8. The van der Waals surface area contributed by atoms with E-state index < -0.39 is 146 Å². The first-order chi connectivity index (χ1) is 61.2. The van der Waals surface area contributed by atoms with Gasteiger partial charge in [0.1, 0.15) is 36.8 Å². The van der Waals surface area contributed by atoms with Gasteiger partial charge in [0, 0.05) is 113 Å². The van der Waals surface area contributed by atoms with E-state index in [1.54, 1.807) is 48.5 Å². The zero-order valence-corrected chi connectivity index (χ0v) is 72.8. The van der Waals surface area contributed by atoms with Crippen molar-refractivity contribution in [2.24, 2.45) is 0 Å². The fourth-order valence-corrected chi connectivity index (χ4v) is 15.4. The molecule has 127 heavy (non-hydrogen) atoms. The van der Waals surface area contributed by atoms with Gasteiger partial charge in [-0.1, -0.05) is 91.3 Å². The molecule has 0 radical (unpaired) electrons. The van der Waals surface area contributed by atoms with Crippen molar-refractivity contribution in [2.45, 2.75) is 151 Å². The van der Waals surface area contributed by atoms with Crippen LogP contribution in [0.5, 0.6) is 5.75 Å². The summed E-state index contributed by atoms with van der Waals surface area (Å²) in [6, 6.07) is 33.7. The Morgan fingerprint density at radius 1 is 0.449 bits per heavy atom. The van der Waals surface area contributed by atoms with E-state index in [0.29, 0.717) is 88.4 Å². The number of hydrogen-bond donors (Lipinski definition) is 15. The van der Waals surface area contributed by atoms with Crippen molar-refractivity contribution in [3.05, 3.63) is 150 Å². The number of nitrogens with one attached hydrogen (secondary N) is 7. The second-order valence-corrected chi connectivity index (χ2v) is 32.5. The number of likely N-dealkylation sites (tertiary alicyclic amines) is 1. The number of unbranched alkanes of at least 4 members (excludes halogenated alkanes) is 2. The molecule has 3 heterocycles. The van der Waals surface area contributed by atoms with Crippen LogP contribution in [0.15, 0.2) is 127 Å². The van der Waals surface area contributed by atoms with Crippen molar-refractivity contribution < 1.29 is 141 Å². The summed E-state index contributed by atoms with van der Waals surface area (Å²) in [6.45, 7) is 4.29. The number of rotatable bonds is 59. The number of amides is 9. The minimum absolute atomic E-state index is 0.0530. The number of carbonyl (C=O) groups is 11. The number of carboxylic acids is 2. The number of carbonyl (C=O) groups excluding carboxylic acids is 9. The van der Waals surface area contributed by atoms with Gasteiger partial charge in [-0.3, -0.25) is 48.1 Å². The molecule has 15 N–H and O–H groups in total. The van der Waals surface area contributed by atoms with Crippen LogP contribution in [0, 0.1) is 0 Å². The fourth-order valence-electron chi connectivity index (χ4n) is 13.9. The fraction of sp³-hybridized carbons (Fsp3) is 0.534. The zero-order valence-electron chi connectivity index (χ0n) is 71.1. The largest absolute Gasteiger partial charge is 0.490 e. The lowest BCUT2D eigenvalue weighted by molar-refractivity contribution is -0.310. The van der Waals surface area contributed by atoms with Gasteiger partial charge in [0.2, 0.25) is 29.5 Å². The number of nitrogens with zero attached hydrogens (tertiary/aromatic N) is 1. The molecule has 9 amide bonds. The normalized spacial score (nSPS) is 20.2. The van der Waals surface area contributed by atoms with Gasteiger partial charge in [0.25, 0.3) is 35.2 Å². The molecule has 8 rings (SSSR count). The molecule has 0 aliphatic carbocycles. The minimum Gasteiger partial charge on any atom is -0.490 e. The summed E-state index contributed by atoms with van der Waals surface area (Å²) in [5, 5.41) is 107. The highest BCUT2D eigenvalue weighted by molar-refractivity contribution is 7.99. The minimum atomic E-state index is -2.55. The van der Waals surface area contributed by atoms with Gasteiger partial charge in [-0.25, -0.2) is 9.59 Å². The number of imide groups is 1. The first kappa shape index (κ1) is 103. The van der Waals surface area contributed by atoms with Crippen LogP contribution in [0.25, 0.3) is 22.3 Å². The standard InChI is InChI=1S/C88H118N8O29S2/c1-57(97)94-75-67(99)53-87(85(112)113,124-79(75)77(106)69(101)55-92-81(108)63-23-19-61(20-24-63)59-14-6-3-7-15-59)122-35-12-48-126-50-32-90-83(110)65-27-28-66(71(52-65)121-47-46-120-45-44-119-43-42-118-41-40-117-39-38-116-37-31-89-72(103)18-10-5-11-34-96-73(104)29-30-74(96)105)84(111)91-33-51-127-49-13-36-123-88(86(114)115)54-68(100)76(95-58(2)98)80(125-88)78(107)70(102)56-93-82(109)64-25-21-62(22-26-64)60-16-8-4-9-17-60/h3-4,6-9,14-17,19-28,52,67-70,75-80,99-102,106-107H,5,10-13,18,29-51,53-56H2,1-2H3,(H,89,103)(H,90,110)(H,91,111)(H,92,108)(H,93,109)(H,94,97)(H,95,98)(H,112,113)(H,114,115)/t67-,68-,69+,70+,75+,76+,77?,78?,79+,80+,87+,88+/m0/s1. The Morgan fingerprint density at radius 2 is 0.850 bits per heavy atom. The van der Waals surface area contributed by atoms with E-state index in [1.807, 2.05) is 60.7 Å². The number of ether oxygens (including phenoxy) is 10. The topological polar surface area (TPSA) is 529 Å². The molecular formula is C88H118N8O29S2. The van der Waals surface area contributed by atoms with Gasteiger partial charge in [-0.2, -0.15) is 23.5 Å². The monoisotopic (exact) mass is 1810 g/mol. The first-order valence-corrected chi connectivity index (χ1v) is 44.6. The highest BCUT2D eigenvalue weighted by atomic mass is 32.2. The van der Waals surface area contributed by atoms with Crippen molar-refractivity contribution in [1.29, 1.82) is 0 Å². The third kappa shape index (κ3) is 33.8. The van der Waals surface area contributed by atoms with Gasteiger partial charge in [0.15, 0.2) is 0 Å². The van der Waals surface area contributed by atoms with Gasteiger partial charge < -0.3 is 125 Å². The predicted molar refractivity (Wildman–Crippen MR) is 463 cm³/mol. The summed E-state index contributed by atoms with van der Waals surface area (Å²) in [7, 11) is 0. The number of carboxylic acid groups (broad SMARTS) is 2. The molecule has 696 valence electrons. The Morgan fingerprint density at radius 3 is 1.28 bits per heavy atom. The summed E-state index contributed by atoms with van der Waals surface area (Å²) in [6.07, 6.45) is -12.3. The number of thioether (sulfide) groups is 2. The molecule has 0 aromatic heterocycles. The lowest BCUT2D eigenvalue weighted by atomic mass is 9.88. The van der Waals surface area contributed by atoms with Gasteiger partial charge in [0.05, 0.1) is 121 Å². The molecule has 0 saturated carbocycles. The molecular weight excluding hydrogens is 1700 g/mol. The van der Waals surface area contributed by atoms with E-state index in [0.717, 1.165) is 42.5 Å². The van der Waals surface area contributed by atoms with E-state index in [9.17, 15) is 93.6 Å². The van der Waals surface area contributed by atoms with Crippen molar-refractivity contribution in [1.82, 2.24) is 42.1 Å². The SMILES string of the molecule is CC(=O)N[C@@H]1[C@@H](O)C[C@](OCCCSCCNC(=O)c2ccc(C(=O)NCCSCCCO[C@]3(C(=O)O)C[C@H](O)[C@@H](NC(C)=O)[C@H](C(O)[C@H](O)CNC(=O)c4ccc(-c5ccccc5)cc4)O3)c(OCCOCCOCCOCCOCCOCCNC(=O)CCCCCN3C(=O)CCC3=O)c2)(C(=O)O)O[C@H]1C(O)[C@H](O)CNC(=O)c1ccc(-c2ccccc2)cc1. The van der Waals surface area contributed by atoms with Crippen LogP contribution >= 0.6 is 23.5 Å². The van der Waals surface area contributed by atoms with Crippen LogP contribution in [-0.2, 0) is 76.2 Å². The Hall–Kier alpha value is -9.63. The van der Waals surface area contributed by atoms with E-state index in [-0.39, 0.29) is 137 Å². The Kier molecular flexibility index (Phi) is 44.2. The van der Waals surface area contributed by atoms with Crippen LogP contribution < -0.4 is 42.0 Å². The van der Waals surface area contributed by atoms with Crippen molar-refractivity contribution >= 4 is 88.6 Å². The number of aliphatic carboxylic acids is 2. The number of aliphatic hydroxyl groups excluding tert-OH is 6. The third-order valence-corrected chi connectivity index (χ3v) is 22.7. The molecule has 3 aliphatic rings. The summed E-state index contributed by atoms with van der Waals surface area (Å²) in [4.78, 5) is 141. The highest BCUT2D eigenvalue weighted by Gasteiger charge is 2.57. The van der Waals surface area contributed by atoms with Crippen molar-refractivity contribution in [2.75, 3.05) is 148 Å². The molecule has 39 heteroatoms. The van der Waals surface area contributed by atoms with E-state index in [2.05, 4.69) is 37.2 Å². The van der Waals surface area contributed by atoms with Crippen LogP contribution in [0.2, 0.25) is 0 Å². The molecule has 0 spiro atoms. The van der Waals surface area contributed by atoms with Crippen molar-refractivity contribution in [3.8, 4) is 28.0 Å². The second kappa shape index (κ2) is 54.6. The van der Waals surface area contributed by atoms with Crippen LogP contribution in [0.3, 0.4) is 0 Å². The highest BCUT2D eigenvalue weighted by Crippen LogP contribution is 2.36. The number of aliphatic hydroxyl groups is 6. The molecule has 5 aromatic carbocycles. The lowest BCUT2D eigenvalue weighted by Gasteiger charge is -2.46. The van der Waals surface area contributed by atoms with E-state index in [1.165, 1.54) is 46.6 Å². The molecule has 0 bridgehead atoms. The molecule has 2 unspecified atom stereocenters.